The van der Waals surface area contributed by atoms with Gasteiger partial charge < -0.3 is 0 Å². The van der Waals surface area contributed by atoms with Gasteiger partial charge in [0.15, 0.2) is 0 Å². The van der Waals surface area contributed by atoms with Crippen molar-refractivity contribution < 1.29 is 17.4 Å². The quantitative estimate of drug-likeness (QED) is 0.809. The van der Waals surface area contributed by atoms with Crippen LogP contribution >= 0.6 is 15.9 Å². The van der Waals surface area contributed by atoms with Gasteiger partial charge in [0.2, 0.25) is 0 Å². The smallest absolute Gasteiger partial charge is 0.248 e. The molecular weight excluding hydrogens is 269 g/mol. The highest BCUT2D eigenvalue weighted by molar-refractivity contribution is 9.10. The molecule has 13 heavy (non-hydrogen) atoms. The molecule has 0 fully saturated rings. The van der Waals surface area contributed by atoms with Crippen molar-refractivity contribution in [1.82, 2.24) is 0 Å². The third-order valence-corrected chi connectivity index (χ3v) is 2.94. The molecular formula is C7H4BrF3OS. The average molecular weight is 273 g/mol. The fourth-order valence-corrected chi connectivity index (χ4v) is 1.88. The van der Waals surface area contributed by atoms with Crippen LogP contribution in [0.5, 0.6) is 0 Å². The third kappa shape index (κ3) is 2.54. The Labute approximate surface area is 83.5 Å². The summed E-state index contributed by atoms with van der Waals surface area (Å²) in [5.41, 5.74) is 0. The van der Waals surface area contributed by atoms with Crippen molar-refractivity contribution in [3.8, 4) is 0 Å². The Balaban J connectivity index is 3.04. The molecule has 0 saturated carbocycles. The number of halogens is 4. The van der Waals surface area contributed by atoms with Gasteiger partial charge >= 0.3 is 5.76 Å². The van der Waals surface area contributed by atoms with Crippen LogP contribution in [0.1, 0.15) is 0 Å². The Morgan fingerprint density at radius 3 is 2.46 bits per heavy atom. The highest BCUT2D eigenvalue weighted by Gasteiger charge is 2.16. The number of alkyl halides is 2. The first-order valence-corrected chi connectivity index (χ1v) is 5.16. The predicted molar refractivity (Wildman–Crippen MR) is 46.5 cm³/mol. The molecule has 1 atom stereocenters. The summed E-state index contributed by atoms with van der Waals surface area (Å²) in [6.07, 6.45) is 0. The largest absolute Gasteiger partial charge is 0.316 e. The lowest BCUT2D eigenvalue weighted by molar-refractivity contribution is 0.244. The van der Waals surface area contributed by atoms with Crippen molar-refractivity contribution in [2.24, 2.45) is 0 Å². The first kappa shape index (κ1) is 10.7. The van der Waals surface area contributed by atoms with E-state index in [0.717, 1.165) is 18.2 Å². The number of hydrogen-bond donors (Lipinski definition) is 0. The van der Waals surface area contributed by atoms with Gasteiger partial charge in [0.05, 0.1) is 4.47 Å². The molecule has 6 heteroatoms. The molecule has 0 aliphatic carbocycles. The number of benzene rings is 1. The Morgan fingerprint density at radius 1 is 1.38 bits per heavy atom. The Kier molecular flexibility index (Phi) is 3.49. The summed E-state index contributed by atoms with van der Waals surface area (Å²) in [6, 6.07) is 3.14. The van der Waals surface area contributed by atoms with Crippen LogP contribution in [-0.4, -0.2) is 9.97 Å². The summed E-state index contributed by atoms with van der Waals surface area (Å²) < 4.78 is 47.4. The summed E-state index contributed by atoms with van der Waals surface area (Å²) in [5, 5.41) is 0. The molecule has 0 saturated heterocycles. The maximum Gasteiger partial charge on any atom is 0.316 e. The van der Waals surface area contributed by atoms with Gasteiger partial charge in [0.1, 0.15) is 16.6 Å². The molecule has 0 aliphatic rings. The van der Waals surface area contributed by atoms with E-state index in [1.807, 2.05) is 0 Å². The Bertz CT molecular complexity index is 343. The first-order chi connectivity index (χ1) is 6.02. The van der Waals surface area contributed by atoms with E-state index in [1.165, 1.54) is 0 Å². The van der Waals surface area contributed by atoms with Gasteiger partial charge in [-0.3, -0.25) is 0 Å². The topological polar surface area (TPSA) is 17.1 Å². The molecule has 0 N–H and O–H groups in total. The predicted octanol–water partition coefficient (Wildman–Crippen LogP) is 2.92. The van der Waals surface area contributed by atoms with E-state index < -0.39 is 22.4 Å². The van der Waals surface area contributed by atoms with Crippen molar-refractivity contribution in [1.29, 1.82) is 0 Å². The van der Waals surface area contributed by atoms with Crippen LogP contribution in [0, 0.1) is 5.82 Å². The van der Waals surface area contributed by atoms with Crippen molar-refractivity contribution in [2.75, 3.05) is 0 Å². The maximum atomic E-state index is 12.6. The van der Waals surface area contributed by atoms with Crippen molar-refractivity contribution >= 4 is 26.7 Å². The molecule has 0 bridgehead atoms. The van der Waals surface area contributed by atoms with Crippen LogP contribution in [-0.2, 0) is 10.8 Å². The van der Waals surface area contributed by atoms with Crippen LogP contribution in [0.3, 0.4) is 0 Å². The number of rotatable bonds is 2. The van der Waals surface area contributed by atoms with Crippen LogP contribution in [0.4, 0.5) is 13.2 Å². The van der Waals surface area contributed by atoms with Crippen LogP contribution in [0.2, 0.25) is 0 Å². The van der Waals surface area contributed by atoms with Crippen LogP contribution in [0.15, 0.2) is 27.6 Å². The second-order valence-corrected chi connectivity index (χ2v) is 4.41. The Morgan fingerprint density at radius 2 is 2.00 bits per heavy atom. The van der Waals surface area contributed by atoms with Gasteiger partial charge in [-0.05, 0) is 34.1 Å². The van der Waals surface area contributed by atoms with E-state index in [1.54, 1.807) is 0 Å². The molecule has 0 spiro atoms. The molecule has 0 aliphatic heterocycles. The standard InChI is InChI=1S/C7H4BrF3OS/c8-5-3-4(1-2-6(5)9)13(12)7(10)11/h1-3,7H. The second kappa shape index (κ2) is 4.23. The van der Waals surface area contributed by atoms with E-state index in [-0.39, 0.29) is 9.37 Å². The molecule has 0 radical (unpaired) electrons. The van der Waals surface area contributed by atoms with Gasteiger partial charge in [-0.25, -0.2) is 8.60 Å². The van der Waals surface area contributed by atoms with Crippen molar-refractivity contribution in [2.45, 2.75) is 10.7 Å². The van der Waals surface area contributed by atoms with E-state index in [9.17, 15) is 17.4 Å². The van der Waals surface area contributed by atoms with Crippen LogP contribution in [0.25, 0.3) is 0 Å². The second-order valence-electron chi connectivity index (χ2n) is 2.13. The van der Waals surface area contributed by atoms with Gasteiger partial charge in [0, 0.05) is 4.90 Å². The Hall–Kier alpha value is -0.360. The maximum absolute atomic E-state index is 12.6. The highest BCUT2D eigenvalue weighted by Crippen LogP contribution is 2.21. The monoisotopic (exact) mass is 272 g/mol. The summed E-state index contributed by atoms with van der Waals surface area (Å²) >= 11 is 2.81. The molecule has 0 heterocycles. The van der Waals surface area contributed by atoms with Crippen molar-refractivity contribution in [3.05, 3.63) is 28.5 Å². The van der Waals surface area contributed by atoms with E-state index >= 15 is 0 Å². The van der Waals surface area contributed by atoms with Crippen LogP contribution < -0.4 is 0 Å². The molecule has 0 amide bonds. The van der Waals surface area contributed by atoms with Gasteiger partial charge in [-0.15, -0.1) is 0 Å². The molecule has 0 aromatic heterocycles. The molecule has 1 nitrogen and oxygen atoms in total. The van der Waals surface area contributed by atoms with Gasteiger partial charge in [-0.2, -0.15) is 8.78 Å². The first-order valence-electron chi connectivity index (χ1n) is 3.16. The lowest BCUT2D eigenvalue weighted by Crippen LogP contribution is -2.02. The molecule has 1 aromatic rings. The lowest BCUT2D eigenvalue weighted by Gasteiger charge is -2.01. The zero-order valence-corrected chi connectivity index (χ0v) is 8.54. The summed E-state index contributed by atoms with van der Waals surface area (Å²) in [5.74, 6) is -3.52. The normalized spacial score (nSPS) is 13.3. The van der Waals surface area contributed by atoms with Gasteiger partial charge in [0.25, 0.3) is 0 Å². The zero-order chi connectivity index (χ0) is 10.0. The fraction of sp³-hybridized carbons (Fsp3) is 0.143. The minimum atomic E-state index is -2.95. The molecule has 1 unspecified atom stereocenters. The SMILES string of the molecule is O=S(c1ccc(F)c(Br)c1)C(F)F. The average Bonchev–Trinajstić information content (AvgIpc) is 2.08. The van der Waals surface area contributed by atoms with E-state index in [4.69, 9.17) is 0 Å². The molecule has 1 rings (SSSR count). The zero-order valence-electron chi connectivity index (χ0n) is 6.14. The molecule has 72 valence electrons. The van der Waals surface area contributed by atoms with E-state index in [2.05, 4.69) is 15.9 Å². The fourth-order valence-electron chi connectivity index (χ4n) is 0.705. The lowest BCUT2D eigenvalue weighted by atomic mass is 10.3. The van der Waals surface area contributed by atoms with Gasteiger partial charge in [-0.1, -0.05) is 0 Å². The van der Waals surface area contributed by atoms with Crippen molar-refractivity contribution in [3.63, 3.8) is 0 Å². The van der Waals surface area contributed by atoms with E-state index in [0.29, 0.717) is 0 Å². The third-order valence-electron chi connectivity index (χ3n) is 1.29. The minimum Gasteiger partial charge on any atom is -0.248 e. The number of hydrogen-bond acceptors (Lipinski definition) is 1. The molecule has 1 aromatic carbocycles. The summed E-state index contributed by atoms with van der Waals surface area (Å²) in [4.78, 5) is -0.0942. The highest BCUT2D eigenvalue weighted by atomic mass is 79.9. The summed E-state index contributed by atoms with van der Waals surface area (Å²) in [7, 11) is -2.38. The summed E-state index contributed by atoms with van der Waals surface area (Å²) in [6.45, 7) is 0. The minimum absolute atomic E-state index is 0.0269.